The highest BCUT2D eigenvalue weighted by atomic mass is 16.6. The van der Waals surface area contributed by atoms with Crippen LogP contribution < -0.4 is 26.2 Å². The quantitative estimate of drug-likeness (QED) is 0.188. The number of benzene rings is 3. The van der Waals surface area contributed by atoms with Crippen LogP contribution in [0.15, 0.2) is 94.8 Å². The summed E-state index contributed by atoms with van der Waals surface area (Å²) < 4.78 is 25.4. The van der Waals surface area contributed by atoms with Crippen molar-refractivity contribution < 1.29 is 24.1 Å². The summed E-state index contributed by atoms with van der Waals surface area (Å²) in [5.41, 5.74) is -0.295. The average molecular weight is 598 g/mol. The molecule has 1 saturated heterocycles. The number of aromatic amines is 2. The fraction of sp³-hybridized carbons (Fsp3) is 0.250. The van der Waals surface area contributed by atoms with Crippen molar-refractivity contribution >= 4 is 11.0 Å². The van der Waals surface area contributed by atoms with Crippen molar-refractivity contribution in [2.75, 3.05) is 20.8 Å². The summed E-state index contributed by atoms with van der Waals surface area (Å²) in [6, 6.07) is 25.0. The Morgan fingerprint density at radius 1 is 0.932 bits per heavy atom. The van der Waals surface area contributed by atoms with Crippen LogP contribution in [0.3, 0.4) is 0 Å². The lowest BCUT2D eigenvalue weighted by atomic mass is 9.80. The van der Waals surface area contributed by atoms with Gasteiger partial charge in [-0.15, -0.1) is 0 Å². The summed E-state index contributed by atoms with van der Waals surface area (Å²) in [4.78, 5) is 33.2. The van der Waals surface area contributed by atoms with Gasteiger partial charge in [-0.05, 0) is 41.0 Å². The van der Waals surface area contributed by atoms with Crippen LogP contribution in [0.5, 0.6) is 11.5 Å². The molecule has 3 atom stereocenters. The Hall–Kier alpha value is -5.04. The van der Waals surface area contributed by atoms with E-state index in [-0.39, 0.29) is 29.5 Å². The molecule has 3 heterocycles. The van der Waals surface area contributed by atoms with Gasteiger partial charge >= 0.3 is 5.69 Å². The molecule has 12 heteroatoms. The lowest BCUT2D eigenvalue weighted by Gasteiger charge is -2.37. The Kier molecular flexibility index (Phi) is 7.87. The van der Waals surface area contributed by atoms with Crippen molar-refractivity contribution in [2.24, 2.45) is 0 Å². The van der Waals surface area contributed by atoms with Crippen LogP contribution in [0.2, 0.25) is 0 Å². The molecular weight excluding hydrogens is 566 g/mol. The van der Waals surface area contributed by atoms with Gasteiger partial charge < -0.3 is 24.1 Å². The Labute approximate surface area is 251 Å². The highest BCUT2D eigenvalue weighted by Gasteiger charge is 2.42. The molecule has 44 heavy (non-hydrogen) atoms. The third-order valence-corrected chi connectivity index (χ3v) is 7.88. The number of nitrogens with one attached hydrogen (secondary N) is 3. The smallest absolute Gasteiger partial charge is 0.327 e. The Bertz CT molecular complexity index is 1890. The molecule has 3 aromatic carbocycles. The number of aromatic nitrogens is 4. The molecular formula is C32H31N5O7. The van der Waals surface area contributed by atoms with Gasteiger partial charge in [-0.1, -0.05) is 54.6 Å². The van der Waals surface area contributed by atoms with E-state index < -0.39 is 35.3 Å². The summed E-state index contributed by atoms with van der Waals surface area (Å²) in [5.74, 6) is 1.38. The highest BCUT2D eigenvalue weighted by Crippen LogP contribution is 2.42. The number of aliphatic hydroxyl groups is 1. The molecule has 1 aliphatic rings. The van der Waals surface area contributed by atoms with E-state index in [1.54, 1.807) is 14.2 Å². The number of hydrogen-bond acceptors (Lipinski definition) is 9. The molecule has 0 aliphatic carbocycles. The zero-order valence-corrected chi connectivity index (χ0v) is 24.0. The second kappa shape index (κ2) is 11.9. The zero-order chi connectivity index (χ0) is 30.8. The predicted octanol–water partition coefficient (Wildman–Crippen LogP) is 2.57. The molecule has 0 radical (unpaired) electrons. The van der Waals surface area contributed by atoms with Crippen molar-refractivity contribution in [1.29, 1.82) is 5.41 Å². The van der Waals surface area contributed by atoms with Crippen LogP contribution >= 0.6 is 0 Å². The number of fused-ring (bicyclic) bond motifs is 1. The number of ether oxygens (including phenoxy) is 4. The topological polar surface area (TPSA) is 165 Å². The molecule has 0 saturated carbocycles. The molecule has 12 nitrogen and oxygen atoms in total. The minimum Gasteiger partial charge on any atom is -0.497 e. The van der Waals surface area contributed by atoms with Gasteiger partial charge in [-0.2, -0.15) is 0 Å². The van der Waals surface area contributed by atoms with Crippen LogP contribution in [0, 0.1) is 5.41 Å². The first-order valence-corrected chi connectivity index (χ1v) is 13.9. The standard InChI is InChI=1S/C32H31N5O7/c1-41-22-12-8-20(9-13-22)32(19-6-4-3-5-7-19,21-10-14-23(42-2)15-11-21)43-17-25-24(38)16-26(44-25)37-18-34-28(33)27-29(37)35-31(40)36-30(27)39/h3-15,18,24-26,33,38H,16-17H2,1-2H3,(H2,35,36,39,40)/t24-,25+,26+/m0/s1. The van der Waals surface area contributed by atoms with Crippen molar-refractivity contribution in [3.8, 4) is 11.5 Å². The first-order chi connectivity index (χ1) is 21.3. The summed E-state index contributed by atoms with van der Waals surface area (Å²) >= 11 is 0. The van der Waals surface area contributed by atoms with Gasteiger partial charge in [-0.25, -0.2) is 9.78 Å². The van der Waals surface area contributed by atoms with E-state index in [4.69, 9.17) is 24.4 Å². The van der Waals surface area contributed by atoms with Crippen LogP contribution in [0.25, 0.3) is 11.0 Å². The van der Waals surface area contributed by atoms with Crippen molar-refractivity contribution in [3.63, 3.8) is 0 Å². The monoisotopic (exact) mass is 597 g/mol. The number of methoxy groups -OCH3 is 2. The molecule has 226 valence electrons. The SMILES string of the molecule is COc1ccc(C(OC[C@H]2O[C@@H](n3cnc(=N)c4c(=O)[nH]c(=O)[nH]c43)C[C@@H]2O)(c2ccccc2)c2ccc(OC)cc2)cc1. The molecule has 4 N–H and O–H groups in total. The van der Waals surface area contributed by atoms with Gasteiger partial charge in [0.25, 0.3) is 5.56 Å². The second-order valence-corrected chi connectivity index (χ2v) is 10.4. The molecule has 1 aliphatic heterocycles. The van der Waals surface area contributed by atoms with Gasteiger partial charge in [0.2, 0.25) is 0 Å². The Morgan fingerprint density at radius 2 is 1.52 bits per heavy atom. The van der Waals surface area contributed by atoms with E-state index >= 15 is 0 Å². The summed E-state index contributed by atoms with van der Waals surface area (Å²) in [6.45, 7) is -0.0236. The molecule has 0 amide bonds. The minimum absolute atomic E-state index is 0.0236. The molecule has 5 aromatic rings. The van der Waals surface area contributed by atoms with E-state index in [9.17, 15) is 14.7 Å². The third kappa shape index (κ3) is 5.19. The molecule has 6 rings (SSSR count). The maximum Gasteiger partial charge on any atom is 0.327 e. The van der Waals surface area contributed by atoms with E-state index in [1.165, 1.54) is 10.9 Å². The van der Waals surface area contributed by atoms with Crippen molar-refractivity contribution in [3.05, 3.63) is 128 Å². The van der Waals surface area contributed by atoms with Gasteiger partial charge in [0, 0.05) is 6.42 Å². The van der Waals surface area contributed by atoms with Gasteiger partial charge in [0.15, 0.2) is 5.49 Å². The fourth-order valence-electron chi connectivity index (χ4n) is 5.67. The average Bonchev–Trinajstić information content (AvgIpc) is 3.42. The highest BCUT2D eigenvalue weighted by molar-refractivity contribution is 5.71. The van der Waals surface area contributed by atoms with Crippen LogP contribution in [-0.4, -0.2) is 57.7 Å². The largest absolute Gasteiger partial charge is 0.497 e. The van der Waals surface area contributed by atoms with Gasteiger partial charge in [0.1, 0.15) is 46.8 Å². The van der Waals surface area contributed by atoms with E-state index in [0.717, 1.165) is 16.7 Å². The molecule has 0 unspecified atom stereocenters. The van der Waals surface area contributed by atoms with E-state index in [1.807, 2.05) is 78.9 Å². The summed E-state index contributed by atoms with van der Waals surface area (Å²) in [7, 11) is 3.21. The van der Waals surface area contributed by atoms with E-state index in [2.05, 4.69) is 15.0 Å². The van der Waals surface area contributed by atoms with Crippen LogP contribution in [0.4, 0.5) is 0 Å². The first kappa shape index (κ1) is 29.1. The van der Waals surface area contributed by atoms with Crippen molar-refractivity contribution in [1.82, 2.24) is 19.5 Å². The molecule has 0 spiro atoms. The first-order valence-electron chi connectivity index (χ1n) is 13.9. The van der Waals surface area contributed by atoms with Gasteiger partial charge in [0.05, 0.1) is 26.9 Å². The Balaban J connectivity index is 1.39. The van der Waals surface area contributed by atoms with Crippen molar-refractivity contribution in [2.45, 2.75) is 30.5 Å². The second-order valence-electron chi connectivity index (χ2n) is 10.4. The predicted molar refractivity (Wildman–Crippen MR) is 160 cm³/mol. The lowest BCUT2D eigenvalue weighted by molar-refractivity contribution is -0.0932. The van der Waals surface area contributed by atoms with E-state index in [0.29, 0.717) is 11.5 Å². The fourth-order valence-corrected chi connectivity index (χ4v) is 5.67. The zero-order valence-electron chi connectivity index (χ0n) is 24.0. The molecule has 1 fully saturated rings. The molecule has 2 aromatic heterocycles. The summed E-state index contributed by atoms with van der Waals surface area (Å²) in [5, 5.41) is 19.1. The number of H-pyrrole nitrogens is 2. The van der Waals surface area contributed by atoms with Crippen LogP contribution in [-0.2, 0) is 15.1 Å². The maximum atomic E-state index is 12.4. The lowest BCUT2D eigenvalue weighted by Crippen LogP contribution is -2.38. The number of aliphatic hydroxyl groups excluding tert-OH is 1. The minimum atomic E-state index is -1.12. The summed E-state index contributed by atoms with van der Waals surface area (Å²) in [6.07, 6.45) is -1.09. The maximum absolute atomic E-state index is 12.4. The molecule has 0 bridgehead atoms. The Morgan fingerprint density at radius 3 is 2.11 bits per heavy atom. The number of nitrogens with zero attached hydrogens (tertiary/aromatic N) is 2. The number of rotatable bonds is 9. The number of hydrogen-bond donors (Lipinski definition) is 4. The third-order valence-electron chi connectivity index (χ3n) is 7.88. The van der Waals surface area contributed by atoms with Gasteiger partial charge in [-0.3, -0.25) is 24.7 Å². The normalized spacial score (nSPS) is 18.4. The van der Waals surface area contributed by atoms with Crippen LogP contribution in [0.1, 0.15) is 29.3 Å².